The van der Waals surface area contributed by atoms with Gasteiger partial charge in [-0.15, -0.1) is 11.3 Å². The van der Waals surface area contributed by atoms with Crippen molar-refractivity contribution in [2.24, 2.45) is 0 Å². The van der Waals surface area contributed by atoms with Crippen LogP contribution < -0.4 is 10.6 Å². The number of ether oxygens (including phenoxy) is 1. The van der Waals surface area contributed by atoms with Crippen molar-refractivity contribution in [1.29, 1.82) is 0 Å². The van der Waals surface area contributed by atoms with Crippen molar-refractivity contribution in [2.75, 3.05) is 32.1 Å². The van der Waals surface area contributed by atoms with Gasteiger partial charge in [0.1, 0.15) is 17.0 Å². The predicted octanol–water partition coefficient (Wildman–Crippen LogP) is 1.56. The molecule has 0 spiro atoms. The Morgan fingerprint density at radius 2 is 2.26 bits per heavy atom. The van der Waals surface area contributed by atoms with Crippen molar-refractivity contribution < 1.29 is 14.6 Å². The summed E-state index contributed by atoms with van der Waals surface area (Å²) in [6.07, 6.45) is 1.56. The molecule has 0 bridgehead atoms. The lowest BCUT2D eigenvalue weighted by Crippen LogP contribution is -2.31. The molecule has 3 N–H and O–H groups in total. The van der Waals surface area contributed by atoms with Gasteiger partial charge in [0.25, 0.3) is 5.91 Å². The Hall–Kier alpha value is -1.77. The van der Waals surface area contributed by atoms with Crippen LogP contribution in [0.1, 0.15) is 28.6 Å². The van der Waals surface area contributed by atoms with Crippen molar-refractivity contribution in [2.45, 2.75) is 26.4 Å². The fourth-order valence-corrected chi connectivity index (χ4v) is 3.19. The van der Waals surface area contributed by atoms with E-state index < -0.39 is 6.10 Å². The van der Waals surface area contributed by atoms with Crippen LogP contribution in [0.15, 0.2) is 6.33 Å². The molecule has 23 heavy (non-hydrogen) atoms. The average Bonchev–Trinajstić information content (AvgIpc) is 2.90. The van der Waals surface area contributed by atoms with Crippen LogP contribution in [0, 0.1) is 6.92 Å². The van der Waals surface area contributed by atoms with Crippen LogP contribution in [0.25, 0.3) is 10.2 Å². The zero-order valence-electron chi connectivity index (χ0n) is 13.5. The van der Waals surface area contributed by atoms with Crippen molar-refractivity contribution >= 4 is 33.3 Å². The van der Waals surface area contributed by atoms with E-state index in [-0.39, 0.29) is 12.5 Å². The molecule has 0 aromatic carbocycles. The first-order chi connectivity index (χ1) is 11.1. The predicted molar refractivity (Wildman–Crippen MR) is 91.1 cm³/mol. The third-order valence-corrected chi connectivity index (χ3v) is 4.70. The summed E-state index contributed by atoms with van der Waals surface area (Å²) in [5, 5.41) is 16.4. The summed E-state index contributed by atoms with van der Waals surface area (Å²) in [4.78, 5) is 22.2. The lowest BCUT2D eigenvalue weighted by molar-refractivity contribution is 0.0917. The number of rotatable bonds is 8. The molecule has 2 heterocycles. The maximum absolute atomic E-state index is 12.3. The quantitative estimate of drug-likeness (QED) is 0.632. The highest BCUT2D eigenvalue weighted by Gasteiger charge is 2.19. The highest BCUT2D eigenvalue weighted by molar-refractivity contribution is 7.20. The van der Waals surface area contributed by atoms with Crippen LogP contribution in [0.5, 0.6) is 0 Å². The number of aliphatic hydroxyl groups excluding tert-OH is 1. The molecular weight excluding hydrogens is 316 g/mol. The number of hydrogen-bond acceptors (Lipinski definition) is 7. The Morgan fingerprint density at radius 1 is 1.48 bits per heavy atom. The van der Waals surface area contributed by atoms with Crippen molar-refractivity contribution in [3.05, 3.63) is 16.8 Å². The van der Waals surface area contributed by atoms with Crippen molar-refractivity contribution in [3.8, 4) is 0 Å². The first-order valence-corrected chi connectivity index (χ1v) is 8.33. The van der Waals surface area contributed by atoms with E-state index in [2.05, 4.69) is 20.6 Å². The minimum Gasteiger partial charge on any atom is -0.391 e. The van der Waals surface area contributed by atoms with Gasteiger partial charge in [-0.2, -0.15) is 0 Å². The second kappa shape index (κ2) is 8.19. The molecule has 126 valence electrons. The fraction of sp³-hybridized carbons (Fsp3) is 0.533. The van der Waals surface area contributed by atoms with E-state index in [9.17, 15) is 9.90 Å². The monoisotopic (exact) mass is 338 g/mol. The van der Waals surface area contributed by atoms with Gasteiger partial charge in [0.05, 0.1) is 23.0 Å². The number of methoxy groups -OCH3 is 1. The Kier molecular flexibility index (Phi) is 6.26. The van der Waals surface area contributed by atoms with Crippen LogP contribution in [-0.4, -0.2) is 53.9 Å². The van der Waals surface area contributed by atoms with E-state index in [1.807, 2.05) is 13.8 Å². The molecule has 1 atom stereocenters. The molecule has 2 aromatic heterocycles. The molecule has 0 unspecified atom stereocenters. The number of anilines is 1. The Balaban J connectivity index is 2.23. The van der Waals surface area contributed by atoms with E-state index in [4.69, 9.17) is 4.74 Å². The van der Waals surface area contributed by atoms with Gasteiger partial charge in [-0.1, -0.05) is 6.92 Å². The van der Waals surface area contributed by atoms with Crippen molar-refractivity contribution in [3.63, 3.8) is 0 Å². The summed E-state index contributed by atoms with van der Waals surface area (Å²) in [7, 11) is 1.64. The second-order valence-electron chi connectivity index (χ2n) is 5.15. The number of aryl methyl sites for hydroxylation is 1. The normalized spacial score (nSPS) is 12.3. The molecule has 0 aliphatic heterocycles. The molecule has 8 heteroatoms. The highest BCUT2D eigenvalue weighted by Crippen LogP contribution is 2.33. The minimum atomic E-state index is -0.528. The van der Waals surface area contributed by atoms with Crippen LogP contribution in [0.2, 0.25) is 0 Å². The van der Waals surface area contributed by atoms with Gasteiger partial charge in [0.2, 0.25) is 0 Å². The lowest BCUT2D eigenvalue weighted by Gasteiger charge is -2.09. The molecule has 2 rings (SSSR count). The number of carbonyl (C=O) groups is 1. The first kappa shape index (κ1) is 17.6. The van der Waals surface area contributed by atoms with E-state index in [1.54, 1.807) is 7.11 Å². The number of aliphatic hydroxyl groups is 1. The zero-order valence-corrected chi connectivity index (χ0v) is 14.4. The number of hydrogen-bond donors (Lipinski definition) is 3. The largest absolute Gasteiger partial charge is 0.391 e. The van der Waals surface area contributed by atoms with Crippen LogP contribution >= 0.6 is 11.3 Å². The summed E-state index contributed by atoms with van der Waals surface area (Å²) >= 11 is 1.33. The van der Waals surface area contributed by atoms with Gasteiger partial charge in [-0.05, 0) is 18.9 Å². The van der Waals surface area contributed by atoms with E-state index >= 15 is 0 Å². The molecule has 1 amide bonds. The molecule has 0 saturated heterocycles. The van der Waals surface area contributed by atoms with E-state index in [0.717, 1.165) is 15.8 Å². The Bertz CT molecular complexity index is 674. The molecule has 0 saturated carbocycles. The number of aromatic nitrogens is 2. The molecule has 2 aromatic rings. The summed E-state index contributed by atoms with van der Waals surface area (Å²) in [5.41, 5.74) is 0.842. The third kappa shape index (κ3) is 4.15. The second-order valence-corrected chi connectivity index (χ2v) is 6.15. The number of nitrogens with zero attached hydrogens (tertiary/aromatic N) is 2. The number of nitrogens with one attached hydrogen (secondary N) is 2. The summed E-state index contributed by atoms with van der Waals surface area (Å²) in [5.74, 6) is 0.509. The summed E-state index contributed by atoms with van der Waals surface area (Å²) in [6, 6.07) is 0. The van der Waals surface area contributed by atoms with Gasteiger partial charge in [-0.3, -0.25) is 4.79 Å². The molecule has 0 aliphatic rings. The molecule has 7 nitrogen and oxygen atoms in total. The Morgan fingerprint density at radius 3 is 2.96 bits per heavy atom. The minimum absolute atomic E-state index is 0.194. The topological polar surface area (TPSA) is 96.4 Å². The van der Waals surface area contributed by atoms with Gasteiger partial charge in [0, 0.05) is 20.2 Å². The SMILES string of the molecule is CC[C@@H](O)CNC(=O)c1sc2ncnc(NCCOC)c2c1C. The molecule has 0 radical (unpaired) electrons. The first-order valence-electron chi connectivity index (χ1n) is 7.51. The van der Waals surface area contributed by atoms with Gasteiger partial charge < -0.3 is 20.5 Å². The fourth-order valence-electron chi connectivity index (χ4n) is 2.13. The van der Waals surface area contributed by atoms with E-state index in [0.29, 0.717) is 30.3 Å². The van der Waals surface area contributed by atoms with Gasteiger partial charge in [-0.25, -0.2) is 9.97 Å². The van der Waals surface area contributed by atoms with E-state index in [1.165, 1.54) is 17.7 Å². The summed E-state index contributed by atoms with van der Waals surface area (Å²) in [6.45, 7) is 5.19. The van der Waals surface area contributed by atoms with Crippen LogP contribution in [0.3, 0.4) is 0 Å². The number of fused-ring (bicyclic) bond motifs is 1. The maximum Gasteiger partial charge on any atom is 0.261 e. The number of amides is 1. The Labute approximate surface area is 139 Å². The number of carbonyl (C=O) groups excluding carboxylic acids is 1. The number of thiophene rings is 1. The van der Waals surface area contributed by atoms with Gasteiger partial charge >= 0.3 is 0 Å². The van der Waals surface area contributed by atoms with Crippen LogP contribution in [0.4, 0.5) is 5.82 Å². The average molecular weight is 338 g/mol. The third-order valence-electron chi connectivity index (χ3n) is 3.50. The lowest BCUT2D eigenvalue weighted by atomic mass is 10.2. The van der Waals surface area contributed by atoms with Crippen LogP contribution in [-0.2, 0) is 4.74 Å². The molecular formula is C15H22N4O3S. The standard InChI is InChI=1S/C15H22N4O3S/c1-4-10(20)7-17-14(21)12-9(2)11-13(16-5-6-22-3)18-8-19-15(11)23-12/h8,10,20H,4-7H2,1-3H3,(H,17,21)(H,16,18,19)/t10-/m1/s1. The molecule has 0 fully saturated rings. The zero-order chi connectivity index (χ0) is 16.8. The van der Waals surface area contributed by atoms with Crippen molar-refractivity contribution in [1.82, 2.24) is 15.3 Å². The summed E-state index contributed by atoms with van der Waals surface area (Å²) < 4.78 is 5.02. The maximum atomic E-state index is 12.3. The highest BCUT2D eigenvalue weighted by atomic mass is 32.1. The smallest absolute Gasteiger partial charge is 0.261 e. The molecule has 0 aliphatic carbocycles. The van der Waals surface area contributed by atoms with Gasteiger partial charge in [0.15, 0.2) is 0 Å².